The second kappa shape index (κ2) is 6.58. The van der Waals surface area contributed by atoms with Gasteiger partial charge in [0.15, 0.2) is 9.84 Å². The van der Waals surface area contributed by atoms with Crippen molar-refractivity contribution in [3.8, 4) is 0 Å². The summed E-state index contributed by atoms with van der Waals surface area (Å²) in [7, 11) is -7.36. The third-order valence-electron chi connectivity index (χ3n) is 5.33. The Morgan fingerprint density at radius 3 is 2.22 bits per heavy atom. The molecule has 2 aromatic rings. The largest absolute Gasteiger partial charge is 0.243 e. The van der Waals surface area contributed by atoms with E-state index in [2.05, 4.69) is 0 Å². The molecule has 1 fully saturated rings. The van der Waals surface area contributed by atoms with Gasteiger partial charge in [-0.3, -0.25) is 0 Å². The van der Waals surface area contributed by atoms with Crippen LogP contribution in [0.25, 0.3) is 0 Å². The van der Waals surface area contributed by atoms with E-state index in [0.29, 0.717) is 19.4 Å². The zero-order valence-corrected chi connectivity index (χ0v) is 16.6. The highest BCUT2D eigenvalue weighted by Gasteiger charge is 2.52. The predicted octanol–water partition coefficient (Wildman–Crippen LogP) is 2.93. The number of benzene rings is 2. The zero-order chi connectivity index (χ0) is 19.2. The monoisotopic (exact) mass is 403 g/mol. The number of hydrogen-bond acceptors (Lipinski definition) is 4. The second-order valence-corrected chi connectivity index (χ2v) is 11.1. The van der Waals surface area contributed by atoms with Crippen molar-refractivity contribution in [2.24, 2.45) is 0 Å². The Hall–Kier alpha value is -1.96. The molecule has 0 aromatic heterocycles. The Bertz CT molecular complexity index is 1090. The number of rotatable bonds is 4. The highest BCUT2D eigenvalue weighted by molar-refractivity contribution is 7.92. The smallest absolute Gasteiger partial charge is 0.223 e. The zero-order valence-electron chi connectivity index (χ0n) is 14.9. The van der Waals surface area contributed by atoms with Gasteiger partial charge in [-0.05, 0) is 44.0 Å². The average Bonchev–Trinajstić information content (AvgIpc) is 2.63. The maximum absolute atomic E-state index is 13.2. The summed E-state index contributed by atoms with van der Waals surface area (Å²) in [6.45, 7) is 2.19. The lowest BCUT2D eigenvalue weighted by Crippen LogP contribution is -2.59. The van der Waals surface area contributed by atoms with Gasteiger partial charge in [0.25, 0.3) is 0 Å². The van der Waals surface area contributed by atoms with Crippen LogP contribution in [-0.4, -0.2) is 39.0 Å². The Labute approximate surface area is 160 Å². The highest BCUT2D eigenvalue weighted by Crippen LogP contribution is 2.43. The van der Waals surface area contributed by atoms with Crippen LogP contribution in [0.1, 0.15) is 18.4 Å². The molecule has 27 heavy (non-hydrogen) atoms. The predicted molar refractivity (Wildman–Crippen MR) is 104 cm³/mol. The van der Waals surface area contributed by atoms with Gasteiger partial charge in [-0.2, -0.15) is 4.31 Å². The van der Waals surface area contributed by atoms with Gasteiger partial charge in [-0.25, -0.2) is 16.8 Å². The van der Waals surface area contributed by atoms with Crippen LogP contribution >= 0.6 is 0 Å². The molecular weight excluding hydrogens is 382 g/mol. The van der Waals surface area contributed by atoms with Gasteiger partial charge >= 0.3 is 0 Å². The fraction of sp³-hybridized carbons (Fsp3) is 0.300. The number of sulfone groups is 1. The summed E-state index contributed by atoms with van der Waals surface area (Å²) in [6.07, 6.45) is 2.99. The van der Waals surface area contributed by atoms with Crippen molar-refractivity contribution < 1.29 is 16.8 Å². The lowest BCUT2D eigenvalue weighted by molar-refractivity contribution is 0.276. The second-order valence-electron chi connectivity index (χ2n) is 7.04. The molecule has 2 aliphatic rings. The van der Waals surface area contributed by atoms with Crippen LogP contribution in [0.2, 0.25) is 0 Å². The molecule has 2 atom stereocenters. The summed E-state index contributed by atoms with van der Waals surface area (Å²) in [5.41, 5.74) is 1.88. The van der Waals surface area contributed by atoms with E-state index in [0.717, 1.165) is 11.1 Å². The van der Waals surface area contributed by atoms with Gasteiger partial charge in [0, 0.05) is 6.54 Å². The van der Waals surface area contributed by atoms with Crippen LogP contribution in [0.3, 0.4) is 0 Å². The minimum atomic E-state index is -3.76. The van der Waals surface area contributed by atoms with Gasteiger partial charge < -0.3 is 0 Å². The molecule has 0 bridgehead atoms. The van der Waals surface area contributed by atoms with Gasteiger partial charge in [0.2, 0.25) is 10.0 Å². The van der Waals surface area contributed by atoms with Crippen molar-refractivity contribution in [1.82, 2.24) is 4.31 Å². The van der Waals surface area contributed by atoms with Gasteiger partial charge in [0.1, 0.15) is 0 Å². The number of aryl methyl sites for hydroxylation is 1. The van der Waals surface area contributed by atoms with Crippen molar-refractivity contribution >= 4 is 19.9 Å². The summed E-state index contributed by atoms with van der Waals surface area (Å²) in [5, 5.41) is -0.744. The van der Waals surface area contributed by atoms with E-state index in [1.54, 1.807) is 54.6 Å². The maximum Gasteiger partial charge on any atom is 0.243 e. The molecule has 0 unspecified atom stereocenters. The fourth-order valence-electron chi connectivity index (χ4n) is 3.81. The van der Waals surface area contributed by atoms with E-state index in [4.69, 9.17) is 0 Å². The molecule has 5 nitrogen and oxygen atoms in total. The van der Waals surface area contributed by atoms with Crippen molar-refractivity contribution in [2.75, 3.05) is 6.54 Å². The molecule has 142 valence electrons. The Balaban J connectivity index is 1.71. The first-order valence-electron chi connectivity index (χ1n) is 8.88. The van der Waals surface area contributed by atoms with Crippen LogP contribution in [0.4, 0.5) is 0 Å². The van der Waals surface area contributed by atoms with Crippen molar-refractivity contribution in [2.45, 2.75) is 40.8 Å². The molecule has 0 amide bonds. The molecule has 1 aliphatic heterocycles. The molecule has 0 N–H and O–H groups in total. The minimum Gasteiger partial charge on any atom is -0.223 e. The topological polar surface area (TPSA) is 71.5 Å². The van der Waals surface area contributed by atoms with E-state index in [9.17, 15) is 16.8 Å². The first-order valence-corrected chi connectivity index (χ1v) is 11.9. The van der Waals surface area contributed by atoms with Gasteiger partial charge in [-0.1, -0.05) is 47.5 Å². The van der Waals surface area contributed by atoms with Gasteiger partial charge in [0.05, 0.1) is 21.1 Å². The third-order valence-corrected chi connectivity index (χ3v) is 9.38. The summed E-state index contributed by atoms with van der Waals surface area (Å²) in [4.78, 5) is 0.449. The van der Waals surface area contributed by atoms with Crippen LogP contribution in [0, 0.1) is 6.92 Å². The fourth-order valence-corrected chi connectivity index (χ4v) is 7.53. The molecule has 1 aliphatic carbocycles. The molecule has 4 rings (SSSR count). The van der Waals surface area contributed by atoms with Crippen molar-refractivity contribution in [1.29, 1.82) is 0 Å². The Morgan fingerprint density at radius 2 is 1.56 bits per heavy atom. The van der Waals surface area contributed by atoms with Crippen LogP contribution in [-0.2, 0) is 19.9 Å². The standard InChI is InChI=1S/C20H21NO4S2/c1-15-9-11-18(12-10-15)27(24,25)21-13-5-6-16-14-19(20(16)21)26(22,23)17-7-3-2-4-8-17/h2-4,6-12,19-20H,5,13-14H2,1H3/t19-,20-/m1/s1. The van der Waals surface area contributed by atoms with Crippen LogP contribution < -0.4 is 0 Å². The molecule has 1 saturated carbocycles. The minimum absolute atomic E-state index is 0.206. The SMILES string of the molecule is Cc1ccc(S(=O)(=O)N2CCC=C3C[C@@H](S(=O)(=O)c4ccccc4)[C@@H]32)cc1. The Morgan fingerprint density at radius 1 is 0.889 bits per heavy atom. The molecular formula is C20H21NO4S2. The lowest BCUT2D eigenvalue weighted by Gasteiger charge is -2.47. The number of hydrogen-bond donors (Lipinski definition) is 0. The van der Waals surface area contributed by atoms with Crippen LogP contribution in [0.5, 0.6) is 0 Å². The van der Waals surface area contributed by atoms with Gasteiger partial charge in [-0.15, -0.1) is 0 Å². The van der Waals surface area contributed by atoms with E-state index in [-0.39, 0.29) is 9.79 Å². The summed E-state index contributed by atoms with van der Waals surface area (Å²) in [6, 6.07) is 14.3. The maximum atomic E-state index is 13.2. The summed E-state index contributed by atoms with van der Waals surface area (Å²) in [5.74, 6) is 0. The normalized spacial score (nSPS) is 23.2. The number of sulfonamides is 1. The molecule has 0 radical (unpaired) electrons. The molecule has 0 saturated heterocycles. The average molecular weight is 404 g/mol. The van der Waals surface area contributed by atoms with E-state index >= 15 is 0 Å². The lowest BCUT2D eigenvalue weighted by atomic mass is 9.82. The first kappa shape index (κ1) is 18.4. The Kier molecular flexibility index (Phi) is 4.49. The van der Waals surface area contributed by atoms with Crippen LogP contribution in [0.15, 0.2) is 76.0 Å². The highest BCUT2D eigenvalue weighted by atomic mass is 32.2. The van der Waals surface area contributed by atoms with E-state index < -0.39 is 31.2 Å². The summed E-state index contributed by atoms with van der Waals surface area (Å²) >= 11 is 0. The molecule has 1 heterocycles. The molecule has 7 heteroatoms. The van der Waals surface area contributed by atoms with E-state index in [1.165, 1.54) is 4.31 Å². The van der Waals surface area contributed by atoms with Crippen molar-refractivity contribution in [3.63, 3.8) is 0 Å². The van der Waals surface area contributed by atoms with E-state index in [1.807, 2.05) is 13.0 Å². The summed E-state index contributed by atoms with van der Waals surface area (Å²) < 4.78 is 53.9. The first-order chi connectivity index (χ1) is 12.8. The number of nitrogens with zero attached hydrogens (tertiary/aromatic N) is 1. The quantitative estimate of drug-likeness (QED) is 0.736. The molecule has 0 spiro atoms. The molecule has 2 aromatic carbocycles. The number of fused-ring (bicyclic) bond motifs is 1. The van der Waals surface area contributed by atoms with Crippen molar-refractivity contribution in [3.05, 3.63) is 71.8 Å². The third kappa shape index (κ3) is 3.03.